The van der Waals surface area contributed by atoms with Crippen LogP contribution in [0.3, 0.4) is 0 Å². The summed E-state index contributed by atoms with van der Waals surface area (Å²) in [5.74, 6) is -0.511. The van der Waals surface area contributed by atoms with Crippen LogP contribution < -0.4 is 14.8 Å². The first-order chi connectivity index (χ1) is 20.0. The van der Waals surface area contributed by atoms with Crippen molar-refractivity contribution in [2.24, 2.45) is 0 Å². The highest BCUT2D eigenvalue weighted by molar-refractivity contribution is 6.00. The molecular formula is C32H44N2O8. The van der Waals surface area contributed by atoms with E-state index >= 15 is 0 Å². The Kier molecular flexibility index (Phi) is 11.4. The highest BCUT2D eigenvalue weighted by atomic mass is 16.5. The van der Waals surface area contributed by atoms with Gasteiger partial charge in [0.1, 0.15) is 22.6 Å². The van der Waals surface area contributed by atoms with E-state index in [0.717, 1.165) is 5.56 Å². The standard InChI is InChI=1S/C32H44N2O8/c1-8-40-27-17-26(20(3)29(41-9-2)28(27)22(5)35)21(4)34(15-16-42-23(6)24-13-11-10-12-14-24)31(38)33-32(30(36)37)18-25(19-32)39-7/h10-14,17,21,23,25H,8-9,15-16,18-19H2,1-7H3,(H,33,38)(H,36,37)/t21-,23+,25?,32?/m1/s1. The normalized spacial score (nSPS) is 19.3. The number of ether oxygens (including phenoxy) is 4. The minimum Gasteiger partial charge on any atom is -0.493 e. The van der Waals surface area contributed by atoms with Crippen molar-refractivity contribution >= 4 is 17.8 Å². The predicted molar refractivity (Wildman–Crippen MR) is 158 cm³/mol. The van der Waals surface area contributed by atoms with Crippen LogP contribution in [-0.2, 0) is 14.3 Å². The van der Waals surface area contributed by atoms with Crippen molar-refractivity contribution in [1.82, 2.24) is 10.2 Å². The zero-order valence-corrected chi connectivity index (χ0v) is 25.7. The number of methoxy groups -OCH3 is 1. The maximum Gasteiger partial charge on any atom is 0.329 e. The lowest BCUT2D eigenvalue weighted by Gasteiger charge is -2.45. The molecule has 0 radical (unpaired) electrons. The number of carboxylic acids is 1. The summed E-state index contributed by atoms with van der Waals surface area (Å²) in [6.07, 6.45) is -0.115. The number of carbonyl (C=O) groups is 3. The lowest BCUT2D eigenvalue weighted by atomic mass is 9.74. The van der Waals surface area contributed by atoms with Crippen molar-refractivity contribution in [3.8, 4) is 11.5 Å². The molecule has 1 aliphatic rings. The fourth-order valence-electron chi connectivity index (χ4n) is 5.39. The number of carboxylic acid groups (broad SMARTS) is 1. The van der Waals surface area contributed by atoms with Gasteiger partial charge in [-0.1, -0.05) is 30.3 Å². The summed E-state index contributed by atoms with van der Waals surface area (Å²) in [4.78, 5) is 40.3. The van der Waals surface area contributed by atoms with E-state index in [0.29, 0.717) is 41.4 Å². The fraction of sp³-hybridized carbons (Fsp3) is 0.531. The maximum atomic E-state index is 13.9. The summed E-state index contributed by atoms with van der Waals surface area (Å²) in [5, 5.41) is 12.8. The first kappa shape index (κ1) is 32.9. The number of amides is 2. The fourth-order valence-corrected chi connectivity index (χ4v) is 5.39. The number of urea groups is 1. The first-order valence-electron chi connectivity index (χ1n) is 14.4. The average Bonchev–Trinajstić information content (AvgIpc) is 2.94. The molecule has 1 fully saturated rings. The van der Waals surface area contributed by atoms with E-state index in [1.54, 1.807) is 11.0 Å². The summed E-state index contributed by atoms with van der Waals surface area (Å²) in [7, 11) is 1.53. The SMILES string of the molecule is CCOc1cc([C@@H](C)N(CCO[C@@H](C)c2ccccc2)C(=O)NC2(C(=O)O)CC(OC)C2)c(C)c(OCC)c1C(C)=O. The summed E-state index contributed by atoms with van der Waals surface area (Å²) < 4.78 is 23.2. The van der Waals surface area contributed by atoms with E-state index in [4.69, 9.17) is 18.9 Å². The molecule has 0 saturated heterocycles. The second-order valence-electron chi connectivity index (χ2n) is 10.6. The van der Waals surface area contributed by atoms with Gasteiger partial charge in [-0.15, -0.1) is 0 Å². The van der Waals surface area contributed by atoms with Gasteiger partial charge in [0, 0.05) is 26.5 Å². The van der Waals surface area contributed by atoms with E-state index in [2.05, 4.69) is 5.32 Å². The summed E-state index contributed by atoms with van der Waals surface area (Å²) >= 11 is 0. The second-order valence-corrected chi connectivity index (χ2v) is 10.6. The number of ketones is 1. The Balaban J connectivity index is 1.98. The molecule has 3 rings (SSSR count). The molecule has 0 bridgehead atoms. The maximum absolute atomic E-state index is 13.9. The van der Waals surface area contributed by atoms with Gasteiger partial charge in [0.2, 0.25) is 0 Å². The molecule has 2 aromatic rings. The van der Waals surface area contributed by atoms with Gasteiger partial charge < -0.3 is 34.3 Å². The van der Waals surface area contributed by atoms with Gasteiger partial charge in [-0.3, -0.25) is 4.79 Å². The number of nitrogens with one attached hydrogen (secondary N) is 1. The number of hydrogen-bond donors (Lipinski definition) is 2. The minimum absolute atomic E-state index is 0.170. The van der Waals surface area contributed by atoms with E-state index in [1.807, 2.05) is 65.0 Å². The Morgan fingerprint density at radius 1 is 1.10 bits per heavy atom. The van der Waals surface area contributed by atoms with Gasteiger partial charge in [0.15, 0.2) is 5.78 Å². The molecule has 0 spiro atoms. The molecule has 230 valence electrons. The number of nitrogens with zero attached hydrogens (tertiary/aromatic N) is 1. The van der Waals surface area contributed by atoms with Crippen molar-refractivity contribution in [3.63, 3.8) is 0 Å². The van der Waals surface area contributed by atoms with Crippen molar-refractivity contribution < 1.29 is 38.4 Å². The van der Waals surface area contributed by atoms with Crippen molar-refractivity contribution in [3.05, 3.63) is 58.7 Å². The van der Waals surface area contributed by atoms with Crippen LogP contribution in [0.2, 0.25) is 0 Å². The number of Topliss-reactive ketones (excluding diaryl/α,β-unsaturated/α-hetero) is 1. The molecule has 10 nitrogen and oxygen atoms in total. The smallest absolute Gasteiger partial charge is 0.329 e. The quantitative estimate of drug-likeness (QED) is 0.264. The number of benzene rings is 2. The molecule has 0 aromatic heterocycles. The molecule has 2 amide bonds. The molecule has 0 heterocycles. The third kappa shape index (κ3) is 7.22. The first-order valence-corrected chi connectivity index (χ1v) is 14.4. The Hall–Kier alpha value is -3.63. The van der Waals surface area contributed by atoms with Crippen molar-refractivity contribution in [2.45, 2.75) is 78.2 Å². The van der Waals surface area contributed by atoms with Crippen molar-refractivity contribution in [1.29, 1.82) is 0 Å². The van der Waals surface area contributed by atoms with E-state index < -0.39 is 23.6 Å². The van der Waals surface area contributed by atoms with E-state index in [1.165, 1.54) is 14.0 Å². The van der Waals surface area contributed by atoms with Crippen LogP contribution in [0, 0.1) is 6.92 Å². The van der Waals surface area contributed by atoms with Gasteiger partial charge in [-0.25, -0.2) is 9.59 Å². The van der Waals surface area contributed by atoms with Crippen LogP contribution in [-0.4, -0.2) is 72.9 Å². The third-order valence-electron chi connectivity index (χ3n) is 7.86. The lowest BCUT2D eigenvalue weighted by molar-refractivity contribution is -0.155. The largest absolute Gasteiger partial charge is 0.493 e. The number of carbonyl (C=O) groups excluding carboxylic acids is 2. The topological polar surface area (TPSA) is 124 Å². The van der Waals surface area contributed by atoms with Crippen LogP contribution in [0.25, 0.3) is 0 Å². The highest BCUT2D eigenvalue weighted by Crippen LogP contribution is 2.40. The highest BCUT2D eigenvalue weighted by Gasteiger charge is 2.52. The lowest BCUT2D eigenvalue weighted by Crippen LogP contribution is -2.66. The molecule has 0 aliphatic heterocycles. The molecule has 10 heteroatoms. The molecule has 1 saturated carbocycles. The Bertz CT molecular complexity index is 1240. The molecule has 2 atom stereocenters. The summed E-state index contributed by atoms with van der Waals surface area (Å²) in [6.45, 7) is 11.8. The number of hydrogen-bond acceptors (Lipinski definition) is 7. The average molecular weight is 585 g/mol. The van der Waals surface area contributed by atoms with Crippen LogP contribution in [0.15, 0.2) is 36.4 Å². The minimum atomic E-state index is -1.42. The third-order valence-corrected chi connectivity index (χ3v) is 7.86. The molecule has 1 aliphatic carbocycles. The Morgan fingerprint density at radius 3 is 2.29 bits per heavy atom. The molecule has 2 N–H and O–H groups in total. The predicted octanol–water partition coefficient (Wildman–Crippen LogP) is 5.48. The number of rotatable bonds is 15. The Morgan fingerprint density at radius 2 is 1.74 bits per heavy atom. The van der Waals surface area contributed by atoms with Gasteiger partial charge in [0.25, 0.3) is 0 Å². The van der Waals surface area contributed by atoms with Crippen LogP contribution in [0.5, 0.6) is 11.5 Å². The number of aliphatic carboxylic acids is 1. The van der Waals surface area contributed by atoms with Gasteiger partial charge in [0.05, 0.1) is 38.1 Å². The zero-order valence-electron chi connectivity index (χ0n) is 25.7. The summed E-state index contributed by atoms with van der Waals surface area (Å²) in [5.41, 5.74) is 1.35. The molecule has 2 aromatic carbocycles. The van der Waals surface area contributed by atoms with Crippen LogP contribution in [0.4, 0.5) is 4.79 Å². The van der Waals surface area contributed by atoms with E-state index in [-0.39, 0.29) is 44.0 Å². The van der Waals surface area contributed by atoms with E-state index in [9.17, 15) is 19.5 Å². The molecular weight excluding hydrogens is 540 g/mol. The van der Waals surface area contributed by atoms with Gasteiger partial charge >= 0.3 is 12.0 Å². The van der Waals surface area contributed by atoms with Gasteiger partial charge in [-0.05, 0) is 64.3 Å². The summed E-state index contributed by atoms with van der Waals surface area (Å²) in [6, 6.07) is 10.4. The van der Waals surface area contributed by atoms with Crippen molar-refractivity contribution in [2.75, 3.05) is 33.5 Å². The van der Waals surface area contributed by atoms with Gasteiger partial charge in [-0.2, -0.15) is 0 Å². The molecule has 42 heavy (non-hydrogen) atoms. The second kappa shape index (κ2) is 14.5. The van der Waals surface area contributed by atoms with Crippen LogP contribution >= 0.6 is 0 Å². The monoisotopic (exact) mass is 584 g/mol. The molecule has 0 unspecified atom stereocenters. The zero-order chi connectivity index (χ0) is 31.0. The Labute approximate surface area is 248 Å². The van der Waals surface area contributed by atoms with Crippen LogP contribution in [0.1, 0.15) is 86.7 Å².